The molecule has 0 aliphatic carbocycles. The van der Waals surface area contributed by atoms with E-state index in [9.17, 15) is 13.2 Å². The van der Waals surface area contributed by atoms with E-state index < -0.39 is 14.6 Å². The zero-order valence-corrected chi connectivity index (χ0v) is 13.7. The van der Waals surface area contributed by atoms with E-state index in [2.05, 4.69) is 0 Å². The van der Waals surface area contributed by atoms with Gasteiger partial charge in [-0.05, 0) is 40.5 Å². The molecule has 19 heavy (non-hydrogen) atoms. The molecule has 0 spiro atoms. The van der Waals surface area contributed by atoms with Crippen LogP contribution in [0.3, 0.4) is 0 Å². The van der Waals surface area contributed by atoms with Crippen LogP contribution in [0.15, 0.2) is 0 Å². The van der Waals surface area contributed by atoms with Crippen molar-refractivity contribution in [1.29, 1.82) is 0 Å². The van der Waals surface area contributed by atoms with Gasteiger partial charge in [0.1, 0.15) is 5.78 Å². The maximum absolute atomic E-state index is 11.9. The minimum Gasteiger partial charge on any atom is -0.328 e. The van der Waals surface area contributed by atoms with E-state index in [1.54, 1.807) is 20.8 Å². The van der Waals surface area contributed by atoms with Crippen molar-refractivity contribution in [2.75, 3.05) is 5.75 Å². The fraction of sp³-hybridized carbons (Fsp3) is 0.929. The van der Waals surface area contributed by atoms with E-state index in [1.807, 2.05) is 13.8 Å². The lowest BCUT2D eigenvalue weighted by molar-refractivity contribution is -0.122. The minimum absolute atomic E-state index is 0.0394. The molecule has 2 atom stereocenters. The van der Waals surface area contributed by atoms with Gasteiger partial charge >= 0.3 is 0 Å². The van der Waals surface area contributed by atoms with Gasteiger partial charge in [0.25, 0.3) is 0 Å². The second-order valence-electron chi connectivity index (χ2n) is 6.46. The second kappa shape index (κ2) is 7.39. The molecule has 4 nitrogen and oxygen atoms in total. The zero-order chi connectivity index (χ0) is 15.3. The lowest BCUT2D eigenvalue weighted by atomic mass is 9.97. The van der Waals surface area contributed by atoms with Crippen molar-refractivity contribution in [1.82, 2.24) is 0 Å². The Kier molecular flexibility index (Phi) is 7.22. The Morgan fingerprint density at radius 1 is 1.16 bits per heavy atom. The Morgan fingerprint density at radius 2 is 1.68 bits per heavy atom. The monoisotopic (exact) mass is 291 g/mol. The highest BCUT2D eigenvalue weighted by molar-refractivity contribution is 7.92. The summed E-state index contributed by atoms with van der Waals surface area (Å²) in [6.07, 6.45) is 2.73. The van der Waals surface area contributed by atoms with Gasteiger partial charge in [0.2, 0.25) is 0 Å². The first-order chi connectivity index (χ1) is 8.47. The van der Waals surface area contributed by atoms with Crippen molar-refractivity contribution in [3.8, 4) is 0 Å². The van der Waals surface area contributed by atoms with E-state index in [4.69, 9.17) is 5.73 Å². The predicted molar refractivity (Wildman–Crippen MR) is 79.8 cm³/mol. The van der Waals surface area contributed by atoms with Crippen molar-refractivity contribution < 1.29 is 13.2 Å². The molecule has 0 aliphatic rings. The largest absolute Gasteiger partial charge is 0.328 e. The fourth-order valence-electron chi connectivity index (χ4n) is 1.69. The number of hydrogen-bond donors (Lipinski definition) is 1. The quantitative estimate of drug-likeness (QED) is 0.744. The Morgan fingerprint density at radius 3 is 2.11 bits per heavy atom. The average Bonchev–Trinajstić information content (AvgIpc) is 2.23. The van der Waals surface area contributed by atoms with Crippen LogP contribution in [0.4, 0.5) is 0 Å². The summed E-state index contributed by atoms with van der Waals surface area (Å²) in [5.74, 6) is -0.0844. The molecule has 0 radical (unpaired) electrons. The van der Waals surface area contributed by atoms with Crippen molar-refractivity contribution >= 4 is 15.6 Å². The smallest absolute Gasteiger partial charge is 0.155 e. The van der Waals surface area contributed by atoms with Gasteiger partial charge in [0, 0.05) is 18.4 Å². The minimum atomic E-state index is -3.20. The Balaban J connectivity index is 4.18. The molecule has 0 bridgehead atoms. The molecule has 0 aromatic rings. The molecular formula is C14H29NO3S. The summed E-state index contributed by atoms with van der Waals surface area (Å²) >= 11 is 0. The van der Waals surface area contributed by atoms with Crippen molar-refractivity contribution in [3.63, 3.8) is 0 Å². The molecule has 0 rings (SSSR count). The van der Waals surface area contributed by atoms with Gasteiger partial charge in [0.05, 0.1) is 10.5 Å². The van der Waals surface area contributed by atoms with E-state index in [0.29, 0.717) is 0 Å². The lowest BCUT2D eigenvalue weighted by Gasteiger charge is -2.19. The van der Waals surface area contributed by atoms with Gasteiger partial charge in [-0.1, -0.05) is 13.3 Å². The van der Waals surface area contributed by atoms with Crippen LogP contribution in [0.2, 0.25) is 0 Å². The Hall–Kier alpha value is -0.420. The first-order valence-electron chi connectivity index (χ1n) is 6.98. The average molecular weight is 291 g/mol. The summed E-state index contributed by atoms with van der Waals surface area (Å²) in [5.41, 5.74) is 5.65. The van der Waals surface area contributed by atoms with Crippen LogP contribution >= 0.6 is 0 Å². The molecule has 5 heteroatoms. The first-order valence-corrected chi connectivity index (χ1v) is 8.63. The summed E-state index contributed by atoms with van der Waals surface area (Å²) in [6, 6.07) is 0.156. The molecule has 0 fully saturated rings. The third-order valence-corrected chi connectivity index (χ3v) is 6.00. The molecule has 0 aromatic heterocycles. The molecule has 0 heterocycles. The van der Waals surface area contributed by atoms with Gasteiger partial charge in [-0.3, -0.25) is 4.79 Å². The highest BCUT2D eigenvalue weighted by Crippen LogP contribution is 2.18. The lowest BCUT2D eigenvalue weighted by Crippen LogP contribution is -2.31. The maximum atomic E-state index is 11.9. The molecule has 2 N–H and O–H groups in total. The summed E-state index contributed by atoms with van der Waals surface area (Å²) in [6.45, 7) is 8.81. The molecule has 114 valence electrons. The van der Waals surface area contributed by atoms with Crippen molar-refractivity contribution in [2.24, 2.45) is 11.7 Å². The standard InChI is InChI=1S/C14H29NO3S/c1-11(7-6-8-12(2)15)13(16)9-10-19(17,18)14(3,4)5/h11-12H,6-10,15H2,1-5H3. The van der Waals surface area contributed by atoms with E-state index in [-0.39, 0.29) is 29.9 Å². The van der Waals surface area contributed by atoms with Gasteiger partial charge in [-0.15, -0.1) is 0 Å². The summed E-state index contributed by atoms with van der Waals surface area (Å²) < 4.78 is 23.0. The van der Waals surface area contributed by atoms with Crippen LogP contribution in [0.1, 0.15) is 60.3 Å². The zero-order valence-electron chi connectivity index (χ0n) is 12.9. The third kappa shape index (κ3) is 7.06. The van der Waals surface area contributed by atoms with Crippen molar-refractivity contribution in [2.45, 2.75) is 71.1 Å². The summed E-state index contributed by atoms with van der Waals surface area (Å²) in [4.78, 5) is 11.9. The van der Waals surface area contributed by atoms with Crippen LogP contribution in [-0.2, 0) is 14.6 Å². The van der Waals surface area contributed by atoms with Crippen LogP contribution in [0, 0.1) is 5.92 Å². The summed E-state index contributed by atoms with van der Waals surface area (Å²) in [5, 5.41) is 0. The number of carbonyl (C=O) groups is 1. The number of nitrogens with two attached hydrogens (primary N) is 1. The molecular weight excluding hydrogens is 262 g/mol. The second-order valence-corrected chi connectivity index (χ2v) is 9.32. The first kappa shape index (κ1) is 18.6. The Labute approximate surface area is 118 Å². The maximum Gasteiger partial charge on any atom is 0.155 e. The molecule has 0 aliphatic heterocycles. The predicted octanol–water partition coefficient (Wildman–Crippen LogP) is 2.31. The SMILES string of the molecule is CC(N)CCCC(C)C(=O)CCS(=O)(=O)C(C)(C)C. The normalized spacial score (nSPS) is 16.1. The number of hydrogen-bond acceptors (Lipinski definition) is 4. The number of carbonyl (C=O) groups excluding carboxylic acids is 1. The van der Waals surface area contributed by atoms with E-state index >= 15 is 0 Å². The third-order valence-electron chi connectivity index (χ3n) is 3.40. The molecule has 0 saturated carbocycles. The van der Waals surface area contributed by atoms with Gasteiger partial charge in [-0.2, -0.15) is 0 Å². The summed E-state index contributed by atoms with van der Waals surface area (Å²) in [7, 11) is -3.20. The van der Waals surface area contributed by atoms with Crippen LogP contribution < -0.4 is 5.73 Å². The van der Waals surface area contributed by atoms with Crippen LogP contribution in [-0.4, -0.2) is 30.7 Å². The van der Waals surface area contributed by atoms with E-state index in [0.717, 1.165) is 19.3 Å². The number of Topliss-reactive ketones (excluding diaryl/α,β-unsaturated/α-hetero) is 1. The highest BCUT2D eigenvalue weighted by atomic mass is 32.2. The van der Waals surface area contributed by atoms with Gasteiger partial charge in [0.15, 0.2) is 9.84 Å². The fourth-order valence-corrected chi connectivity index (χ4v) is 2.78. The molecule has 0 aromatic carbocycles. The Bertz CT molecular complexity index is 380. The van der Waals surface area contributed by atoms with Crippen LogP contribution in [0.5, 0.6) is 0 Å². The van der Waals surface area contributed by atoms with Crippen molar-refractivity contribution in [3.05, 3.63) is 0 Å². The highest BCUT2D eigenvalue weighted by Gasteiger charge is 2.29. The molecule has 0 amide bonds. The molecule has 0 saturated heterocycles. The van der Waals surface area contributed by atoms with Gasteiger partial charge < -0.3 is 5.73 Å². The van der Waals surface area contributed by atoms with E-state index in [1.165, 1.54) is 0 Å². The number of ketones is 1. The van der Waals surface area contributed by atoms with Crippen LogP contribution in [0.25, 0.3) is 0 Å². The molecule has 2 unspecified atom stereocenters. The van der Waals surface area contributed by atoms with Gasteiger partial charge in [-0.25, -0.2) is 8.42 Å². The number of sulfone groups is 1. The number of rotatable bonds is 8. The topological polar surface area (TPSA) is 77.2 Å².